The van der Waals surface area contributed by atoms with Crippen molar-refractivity contribution in [3.05, 3.63) is 22.4 Å². The Kier molecular flexibility index (Phi) is 9.46. The molecule has 0 aliphatic heterocycles. The van der Waals surface area contributed by atoms with Gasteiger partial charge < -0.3 is 15.0 Å². The summed E-state index contributed by atoms with van der Waals surface area (Å²) in [6.07, 6.45) is 6.17. The third-order valence-corrected chi connectivity index (χ3v) is 5.66. The fraction of sp³-hybridized carbons (Fsp3) is 0.706. The van der Waals surface area contributed by atoms with Gasteiger partial charge in [-0.15, -0.1) is 35.3 Å². The minimum absolute atomic E-state index is 0. The molecule has 0 saturated heterocycles. The fourth-order valence-corrected chi connectivity index (χ4v) is 3.70. The lowest BCUT2D eigenvalue weighted by Crippen LogP contribution is -2.47. The Morgan fingerprint density at radius 3 is 2.78 bits per heavy atom. The Bertz CT molecular complexity index is 460. The number of halogens is 1. The molecule has 0 bridgehead atoms. The summed E-state index contributed by atoms with van der Waals surface area (Å²) >= 11 is 1.82. The van der Waals surface area contributed by atoms with Gasteiger partial charge in [-0.05, 0) is 42.5 Å². The molecule has 1 aliphatic carbocycles. The number of hydrogen-bond acceptors (Lipinski definition) is 3. The molecule has 0 atom stereocenters. The summed E-state index contributed by atoms with van der Waals surface area (Å²) in [6.45, 7) is 2.85. The maximum absolute atomic E-state index is 5.27. The molecule has 132 valence electrons. The molecule has 1 aliphatic rings. The van der Waals surface area contributed by atoms with Crippen LogP contribution in [-0.4, -0.2) is 51.8 Å². The van der Waals surface area contributed by atoms with E-state index in [1.807, 2.05) is 18.4 Å². The zero-order chi connectivity index (χ0) is 15.8. The van der Waals surface area contributed by atoms with Crippen LogP contribution in [0.4, 0.5) is 0 Å². The normalized spacial score (nSPS) is 16.4. The second kappa shape index (κ2) is 10.5. The molecule has 0 spiro atoms. The fourth-order valence-electron chi connectivity index (χ4n) is 3.00. The highest BCUT2D eigenvalue weighted by atomic mass is 127. The van der Waals surface area contributed by atoms with Gasteiger partial charge in [0.1, 0.15) is 0 Å². The summed E-state index contributed by atoms with van der Waals surface area (Å²) in [7, 11) is 5.77. The maximum atomic E-state index is 5.27. The average molecular weight is 451 g/mol. The highest BCUT2D eigenvalue weighted by Gasteiger charge is 2.36. The number of guanidine groups is 1. The molecule has 0 aromatic carbocycles. The van der Waals surface area contributed by atoms with Crippen molar-refractivity contribution in [1.82, 2.24) is 10.2 Å². The van der Waals surface area contributed by atoms with E-state index in [-0.39, 0.29) is 24.0 Å². The molecule has 1 N–H and O–H groups in total. The van der Waals surface area contributed by atoms with E-state index in [0.717, 1.165) is 38.5 Å². The van der Waals surface area contributed by atoms with Gasteiger partial charge in [0.15, 0.2) is 5.96 Å². The Morgan fingerprint density at radius 2 is 2.26 bits per heavy atom. The van der Waals surface area contributed by atoms with Gasteiger partial charge in [-0.2, -0.15) is 0 Å². The van der Waals surface area contributed by atoms with Crippen molar-refractivity contribution in [1.29, 1.82) is 0 Å². The molecular formula is C17H30IN3OS. The van der Waals surface area contributed by atoms with Gasteiger partial charge in [0.25, 0.3) is 0 Å². The van der Waals surface area contributed by atoms with Gasteiger partial charge in [-0.3, -0.25) is 4.99 Å². The third kappa shape index (κ3) is 6.23. The van der Waals surface area contributed by atoms with Crippen molar-refractivity contribution < 1.29 is 4.74 Å². The Hall–Kier alpha value is -0.340. The SMILES string of the molecule is CN=C(NCC1(CCOC)CCC1)N(C)CCc1cccs1.I. The maximum Gasteiger partial charge on any atom is 0.193 e. The van der Waals surface area contributed by atoms with Gasteiger partial charge >= 0.3 is 0 Å². The van der Waals surface area contributed by atoms with Crippen molar-refractivity contribution in [3.63, 3.8) is 0 Å². The quantitative estimate of drug-likeness (QED) is 0.373. The molecule has 1 fully saturated rings. The zero-order valence-corrected chi connectivity index (χ0v) is 17.7. The Morgan fingerprint density at radius 1 is 1.48 bits per heavy atom. The number of likely N-dealkylation sites (N-methyl/N-ethyl adjacent to an activating group) is 1. The molecule has 0 radical (unpaired) electrons. The first-order valence-corrected chi connectivity index (χ1v) is 9.00. The first-order chi connectivity index (χ1) is 10.7. The summed E-state index contributed by atoms with van der Waals surface area (Å²) in [5.41, 5.74) is 0.417. The molecule has 1 heterocycles. The van der Waals surface area contributed by atoms with E-state index in [4.69, 9.17) is 4.74 Å². The molecule has 0 unspecified atom stereocenters. The van der Waals surface area contributed by atoms with E-state index in [2.05, 4.69) is 39.8 Å². The second-order valence-electron chi connectivity index (χ2n) is 6.25. The molecule has 6 heteroatoms. The van der Waals surface area contributed by atoms with E-state index in [0.29, 0.717) is 5.41 Å². The lowest BCUT2D eigenvalue weighted by molar-refractivity contribution is 0.0728. The van der Waals surface area contributed by atoms with Crippen molar-refractivity contribution in [2.45, 2.75) is 32.1 Å². The van der Waals surface area contributed by atoms with Crippen molar-refractivity contribution in [2.75, 3.05) is 40.9 Å². The highest BCUT2D eigenvalue weighted by Crippen LogP contribution is 2.43. The molecule has 23 heavy (non-hydrogen) atoms. The number of rotatable bonds is 8. The predicted molar refractivity (Wildman–Crippen MR) is 110 cm³/mol. The van der Waals surface area contributed by atoms with Crippen LogP contribution in [0.5, 0.6) is 0 Å². The summed E-state index contributed by atoms with van der Waals surface area (Å²) in [4.78, 5) is 8.09. The monoisotopic (exact) mass is 451 g/mol. The Balaban J connectivity index is 0.00000264. The lowest BCUT2D eigenvalue weighted by atomic mass is 9.67. The van der Waals surface area contributed by atoms with Crippen molar-refractivity contribution >= 4 is 41.3 Å². The van der Waals surface area contributed by atoms with E-state index < -0.39 is 0 Å². The number of ether oxygens (including phenoxy) is 1. The zero-order valence-electron chi connectivity index (χ0n) is 14.5. The van der Waals surface area contributed by atoms with Crippen LogP contribution in [0.2, 0.25) is 0 Å². The first kappa shape index (κ1) is 20.7. The van der Waals surface area contributed by atoms with Gasteiger partial charge in [0, 0.05) is 45.8 Å². The summed E-state index contributed by atoms with van der Waals surface area (Å²) < 4.78 is 5.27. The first-order valence-electron chi connectivity index (χ1n) is 8.12. The van der Waals surface area contributed by atoms with Gasteiger partial charge in [0.2, 0.25) is 0 Å². The number of hydrogen-bond donors (Lipinski definition) is 1. The van der Waals surface area contributed by atoms with E-state index in [9.17, 15) is 0 Å². The standard InChI is InChI=1S/C17H29N3OS.HI/c1-18-16(20(2)11-7-15-6-4-13-22-15)19-14-17(8-5-9-17)10-12-21-3;/h4,6,13H,5,7-12,14H2,1-3H3,(H,18,19);1H. The van der Waals surface area contributed by atoms with Crippen LogP contribution in [0.15, 0.2) is 22.5 Å². The largest absolute Gasteiger partial charge is 0.385 e. The molecule has 0 amide bonds. The predicted octanol–water partition coefficient (Wildman–Crippen LogP) is 3.62. The van der Waals surface area contributed by atoms with E-state index >= 15 is 0 Å². The van der Waals surface area contributed by atoms with Crippen molar-refractivity contribution in [3.8, 4) is 0 Å². The Labute approximate surface area is 161 Å². The number of aliphatic imine (C=N–C) groups is 1. The van der Waals surface area contributed by atoms with Crippen LogP contribution in [0.3, 0.4) is 0 Å². The molecule has 2 rings (SSSR count). The highest BCUT2D eigenvalue weighted by molar-refractivity contribution is 14.0. The number of nitrogens with one attached hydrogen (secondary N) is 1. The molecule has 1 saturated carbocycles. The van der Waals surface area contributed by atoms with Gasteiger partial charge in [-0.25, -0.2) is 0 Å². The smallest absolute Gasteiger partial charge is 0.193 e. The lowest BCUT2D eigenvalue weighted by Gasteiger charge is -2.42. The van der Waals surface area contributed by atoms with Crippen LogP contribution in [0.1, 0.15) is 30.6 Å². The summed E-state index contributed by atoms with van der Waals surface area (Å²) in [5, 5.41) is 5.71. The molecule has 1 aromatic rings. The van der Waals surface area contributed by atoms with Crippen LogP contribution >= 0.6 is 35.3 Å². The van der Waals surface area contributed by atoms with Crippen LogP contribution < -0.4 is 5.32 Å². The van der Waals surface area contributed by atoms with E-state index in [1.165, 1.54) is 24.1 Å². The topological polar surface area (TPSA) is 36.9 Å². The summed E-state index contributed by atoms with van der Waals surface area (Å²) in [6, 6.07) is 4.31. The minimum atomic E-state index is 0. The van der Waals surface area contributed by atoms with Crippen LogP contribution in [0.25, 0.3) is 0 Å². The number of nitrogens with zero attached hydrogens (tertiary/aromatic N) is 2. The van der Waals surface area contributed by atoms with E-state index in [1.54, 1.807) is 7.11 Å². The van der Waals surface area contributed by atoms with Crippen LogP contribution in [0, 0.1) is 5.41 Å². The molecule has 1 aromatic heterocycles. The summed E-state index contributed by atoms with van der Waals surface area (Å²) in [5.74, 6) is 1.00. The van der Waals surface area contributed by atoms with Crippen LogP contribution in [-0.2, 0) is 11.2 Å². The number of thiophene rings is 1. The van der Waals surface area contributed by atoms with Gasteiger partial charge in [-0.1, -0.05) is 12.5 Å². The average Bonchev–Trinajstić information content (AvgIpc) is 3.00. The third-order valence-electron chi connectivity index (χ3n) is 4.72. The number of methoxy groups -OCH3 is 1. The minimum Gasteiger partial charge on any atom is -0.385 e. The molecule has 4 nitrogen and oxygen atoms in total. The van der Waals surface area contributed by atoms with Gasteiger partial charge in [0.05, 0.1) is 0 Å². The second-order valence-corrected chi connectivity index (χ2v) is 7.28. The molecular weight excluding hydrogens is 421 g/mol. The van der Waals surface area contributed by atoms with Crippen molar-refractivity contribution in [2.24, 2.45) is 10.4 Å².